The van der Waals surface area contributed by atoms with E-state index in [9.17, 15) is 9.18 Å². The highest BCUT2D eigenvalue weighted by atomic mass is 19.1. The second-order valence-electron chi connectivity index (χ2n) is 5.69. The van der Waals surface area contributed by atoms with Crippen LogP contribution in [0.25, 0.3) is 11.3 Å². The first-order valence-electron chi connectivity index (χ1n) is 7.75. The quantitative estimate of drug-likeness (QED) is 0.589. The fourth-order valence-corrected chi connectivity index (χ4v) is 2.59. The number of hydrogen-bond acceptors (Lipinski definition) is 5. The van der Waals surface area contributed by atoms with Crippen LogP contribution in [-0.2, 0) is 0 Å². The van der Waals surface area contributed by atoms with Gasteiger partial charge in [-0.1, -0.05) is 0 Å². The number of nitrogens with zero attached hydrogens (tertiary/aromatic N) is 5. The molecule has 0 saturated heterocycles. The van der Waals surface area contributed by atoms with E-state index in [1.165, 1.54) is 27.5 Å². The first-order valence-corrected chi connectivity index (χ1v) is 7.75. The third kappa shape index (κ3) is 2.75. The third-order valence-corrected chi connectivity index (χ3v) is 3.78. The molecule has 26 heavy (non-hydrogen) atoms. The molecule has 0 spiro atoms. The number of amides is 1. The summed E-state index contributed by atoms with van der Waals surface area (Å²) >= 11 is 0. The molecule has 0 atom stereocenters. The highest BCUT2D eigenvalue weighted by Gasteiger charge is 2.17. The Morgan fingerprint density at radius 2 is 2.00 bits per heavy atom. The number of carbonyl (C=O) groups excluding carboxylic acids is 1. The summed E-state index contributed by atoms with van der Waals surface area (Å²) in [6.07, 6.45) is 3.05. The minimum absolute atomic E-state index is 0.279. The lowest BCUT2D eigenvalue weighted by Crippen LogP contribution is -2.15. The van der Waals surface area contributed by atoms with E-state index in [1.54, 1.807) is 37.4 Å². The Kier molecular flexibility index (Phi) is 3.61. The molecule has 0 radical (unpaired) electrons. The number of rotatable bonds is 3. The molecule has 0 unspecified atom stereocenters. The SMILES string of the molecule is Cc1cc(NC(=O)c2cnn3ccc(N)nc23)n(-c2ccc(F)cc2)n1. The van der Waals surface area contributed by atoms with E-state index in [1.807, 2.05) is 0 Å². The van der Waals surface area contributed by atoms with Crippen molar-refractivity contribution < 1.29 is 9.18 Å². The predicted molar refractivity (Wildman–Crippen MR) is 93.6 cm³/mol. The summed E-state index contributed by atoms with van der Waals surface area (Å²) in [6, 6.07) is 9.12. The third-order valence-electron chi connectivity index (χ3n) is 3.78. The Balaban J connectivity index is 1.70. The summed E-state index contributed by atoms with van der Waals surface area (Å²) in [5.74, 6) is -0.0128. The van der Waals surface area contributed by atoms with Crippen molar-refractivity contribution in [3.05, 3.63) is 65.9 Å². The van der Waals surface area contributed by atoms with Crippen molar-refractivity contribution in [2.24, 2.45) is 0 Å². The first-order chi connectivity index (χ1) is 12.5. The van der Waals surface area contributed by atoms with Gasteiger partial charge in [-0.05, 0) is 37.3 Å². The molecule has 0 fully saturated rings. The minimum Gasteiger partial charge on any atom is -0.384 e. The molecule has 1 aromatic carbocycles. The summed E-state index contributed by atoms with van der Waals surface area (Å²) in [5, 5.41) is 11.2. The highest BCUT2D eigenvalue weighted by molar-refractivity contribution is 6.08. The lowest BCUT2D eigenvalue weighted by molar-refractivity contribution is 0.102. The van der Waals surface area contributed by atoms with Crippen LogP contribution in [0.4, 0.5) is 16.0 Å². The molecule has 4 rings (SSSR count). The van der Waals surface area contributed by atoms with Crippen molar-refractivity contribution in [1.29, 1.82) is 0 Å². The Morgan fingerprint density at radius 3 is 2.77 bits per heavy atom. The van der Waals surface area contributed by atoms with Gasteiger partial charge in [-0.2, -0.15) is 10.2 Å². The molecule has 8 nitrogen and oxygen atoms in total. The molecule has 3 N–H and O–H groups in total. The summed E-state index contributed by atoms with van der Waals surface area (Å²) in [5.41, 5.74) is 7.65. The molecule has 1 amide bonds. The van der Waals surface area contributed by atoms with Crippen molar-refractivity contribution in [3.63, 3.8) is 0 Å². The van der Waals surface area contributed by atoms with Gasteiger partial charge in [0.2, 0.25) is 0 Å². The average molecular weight is 351 g/mol. The van der Waals surface area contributed by atoms with Gasteiger partial charge < -0.3 is 11.1 Å². The van der Waals surface area contributed by atoms with E-state index >= 15 is 0 Å². The lowest BCUT2D eigenvalue weighted by atomic mass is 10.3. The number of hydrogen-bond donors (Lipinski definition) is 2. The second-order valence-corrected chi connectivity index (χ2v) is 5.69. The average Bonchev–Trinajstić information content (AvgIpc) is 3.18. The van der Waals surface area contributed by atoms with Crippen LogP contribution in [0.15, 0.2) is 48.8 Å². The van der Waals surface area contributed by atoms with Crippen molar-refractivity contribution in [3.8, 4) is 5.69 Å². The van der Waals surface area contributed by atoms with Gasteiger partial charge in [0, 0.05) is 12.3 Å². The summed E-state index contributed by atoms with van der Waals surface area (Å²) in [6.45, 7) is 1.80. The van der Waals surface area contributed by atoms with E-state index < -0.39 is 5.91 Å². The molecule has 0 bridgehead atoms. The van der Waals surface area contributed by atoms with E-state index in [2.05, 4.69) is 20.5 Å². The Bertz CT molecular complexity index is 1110. The van der Waals surface area contributed by atoms with Crippen LogP contribution in [-0.4, -0.2) is 30.3 Å². The van der Waals surface area contributed by atoms with Crippen molar-refractivity contribution >= 4 is 23.2 Å². The largest absolute Gasteiger partial charge is 0.384 e. The number of fused-ring (bicyclic) bond motifs is 1. The summed E-state index contributed by atoms with van der Waals surface area (Å²) in [7, 11) is 0. The van der Waals surface area contributed by atoms with Crippen molar-refractivity contribution in [2.75, 3.05) is 11.1 Å². The predicted octanol–water partition coefficient (Wildman–Crippen LogP) is 2.20. The summed E-state index contributed by atoms with van der Waals surface area (Å²) < 4.78 is 16.2. The lowest BCUT2D eigenvalue weighted by Gasteiger charge is -2.08. The van der Waals surface area contributed by atoms with E-state index in [-0.39, 0.29) is 11.4 Å². The Hall–Kier alpha value is -3.75. The van der Waals surface area contributed by atoms with Gasteiger partial charge in [0.05, 0.1) is 17.6 Å². The number of nitrogens with two attached hydrogens (primary N) is 1. The van der Waals surface area contributed by atoms with Crippen molar-refractivity contribution in [2.45, 2.75) is 6.92 Å². The molecule has 0 aliphatic rings. The zero-order chi connectivity index (χ0) is 18.3. The number of nitrogens with one attached hydrogen (secondary N) is 1. The van der Waals surface area contributed by atoms with Crippen molar-refractivity contribution in [1.82, 2.24) is 24.4 Å². The molecule has 9 heteroatoms. The molecule has 0 saturated carbocycles. The van der Waals surface area contributed by atoms with Crippen LogP contribution < -0.4 is 11.1 Å². The fraction of sp³-hybridized carbons (Fsp3) is 0.0588. The van der Waals surface area contributed by atoms with Crippen LogP contribution in [0.5, 0.6) is 0 Å². The number of aryl methyl sites for hydroxylation is 1. The molecule has 4 aromatic rings. The number of nitrogen functional groups attached to an aromatic ring is 1. The van der Waals surface area contributed by atoms with Gasteiger partial charge in [0.25, 0.3) is 5.91 Å². The van der Waals surface area contributed by atoms with Crippen LogP contribution in [0.1, 0.15) is 16.1 Å². The normalized spacial score (nSPS) is 11.0. The molecule has 0 aliphatic carbocycles. The van der Waals surface area contributed by atoms with Crippen LogP contribution in [0.2, 0.25) is 0 Å². The Morgan fingerprint density at radius 1 is 1.23 bits per heavy atom. The summed E-state index contributed by atoms with van der Waals surface area (Å²) in [4.78, 5) is 16.8. The zero-order valence-corrected chi connectivity index (χ0v) is 13.7. The molecule has 3 heterocycles. The Labute approximate surface area is 147 Å². The first kappa shape index (κ1) is 15.8. The molecule has 3 aromatic heterocycles. The number of aromatic nitrogens is 5. The highest BCUT2D eigenvalue weighted by Crippen LogP contribution is 2.19. The molecular weight excluding hydrogens is 337 g/mol. The van der Waals surface area contributed by atoms with Gasteiger partial charge >= 0.3 is 0 Å². The zero-order valence-electron chi connectivity index (χ0n) is 13.7. The minimum atomic E-state index is -0.402. The maximum atomic E-state index is 13.2. The van der Waals surface area contributed by atoms with E-state index in [0.29, 0.717) is 28.7 Å². The van der Waals surface area contributed by atoms with Crippen LogP contribution in [0.3, 0.4) is 0 Å². The van der Waals surface area contributed by atoms with Gasteiger partial charge in [-0.15, -0.1) is 0 Å². The van der Waals surface area contributed by atoms with Gasteiger partial charge in [0.15, 0.2) is 5.65 Å². The maximum absolute atomic E-state index is 13.2. The monoisotopic (exact) mass is 351 g/mol. The van der Waals surface area contributed by atoms with E-state index in [4.69, 9.17) is 5.73 Å². The fourth-order valence-electron chi connectivity index (χ4n) is 2.59. The standard InChI is InChI=1S/C17H14FN7O/c1-10-8-15(25(23-10)12-4-2-11(18)3-5-12)22-17(26)13-9-20-24-7-6-14(19)21-16(13)24/h2-9H,1H3,(H2,19,21)(H,22,26). The number of halogens is 1. The topological polar surface area (TPSA) is 103 Å². The van der Waals surface area contributed by atoms with E-state index in [0.717, 1.165) is 0 Å². The van der Waals surface area contributed by atoms with Crippen LogP contribution in [0, 0.1) is 12.7 Å². The smallest absolute Gasteiger partial charge is 0.262 e. The second kappa shape index (κ2) is 5.96. The van der Waals surface area contributed by atoms with Gasteiger partial charge in [-0.3, -0.25) is 4.79 Å². The molecule has 130 valence electrons. The van der Waals surface area contributed by atoms with Gasteiger partial charge in [0.1, 0.15) is 23.0 Å². The molecular formula is C17H14FN7O. The maximum Gasteiger partial charge on any atom is 0.262 e. The molecule has 0 aliphatic heterocycles. The van der Waals surface area contributed by atoms with Gasteiger partial charge in [-0.25, -0.2) is 18.6 Å². The number of benzene rings is 1. The van der Waals surface area contributed by atoms with Crippen LogP contribution >= 0.6 is 0 Å². The number of anilines is 2. The number of carbonyl (C=O) groups is 1.